The van der Waals surface area contributed by atoms with Gasteiger partial charge in [-0.05, 0) is 90.0 Å². The highest BCUT2D eigenvalue weighted by Gasteiger charge is 2.22. The van der Waals surface area contributed by atoms with Gasteiger partial charge in [-0.2, -0.15) is 0 Å². The molecule has 0 aromatic heterocycles. The van der Waals surface area contributed by atoms with Crippen molar-refractivity contribution in [2.75, 3.05) is 9.80 Å². The zero-order valence-corrected chi connectivity index (χ0v) is 29.2. The summed E-state index contributed by atoms with van der Waals surface area (Å²) in [5, 5.41) is 0.635. The molecule has 0 amide bonds. The van der Waals surface area contributed by atoms with E-state index < -0.39 is 0 Å². The van der Waals surface area contributed by atoms with E-state index in [9.17, 15) is 0 Å². The topological polar surface area (TPSA) is 6.48 Å². The minimum atomic E-state index is 0.635. The van der Waals surface area contributed by atoms with Gasteiger partial charge < -0.3 is 9.80 Å². The van der Waals surface area contributed by atoms with E-state index in [0.717, 1.165) is 65.3 Å². The van der Waals surface area contributed by atoms with Gasteiger partial charge in [-0.25, -0.2) is 0 Å². The van der Waals surface area contributed by atoms with Gasteiger partial charge in [-0.3, -0.25) is 0 Å². The van der Waals surface area contributed by atoms with Crippen LogP contribution in [0.25, 0.3) is 22.3 Å². The average Bonchev–Trinajstić information content (AvgIpc) is 3.11. The quantitative estimate of drug-likeness (QED) is 0.152. The van der Waals surface area contributed by atoms with Crippen LogP contribution in [0, 0.1) is 0 Å². The Morgan fingerprint density at radius 2 is 0.723 bits per heavy atom. The number of hydrogen-bond acceptors (Lipinski definition) is 2. The third-order valence-corrected chi connectivity index (χ3v) is 9.29. The SMILES string of the molecule is Clc1cc(N(c2ccc(Br)cc2)c2ccccc2-c2ccccc2)cc(N(c2ccc(Br)cc2)c2ccccc2-c2ccccc2)c1. The number of para-hydroxylation sites is 2. The fourth-order valence-corrected chi connectivity index (χ4v) is 6.67. The second-order valence-corrected chi connectivity index (χ2v) is 13.3. The Bertz CT molecular complexity index is 1970. The van der Waals surface area contributed by atoms with Crippen LogP contribution in [-0.4, -0.2) is 0 Å². The molecule has 47 heavy (non-hydrogen) atoms. The summed E-state index contributed by atoms with van der Waals surface area (Å²) in [6.07, 6.45) is 0. The molecule has 7 rings (SSSR count). The standard InChI is InChI=1S/C42H29Br2ClN2/c43-32-19-23-35(24-20-32)46(41-17-9-7-15-39(41)30-11-3-1-4-12-30)37-27-34(45)28-38(29-37)47(36-25-21-33(44)22-26-36)42-18-10-8-16-40(42)31-13-5-2-6-14-31/h1-29H. The number of benzene rings is 7. The number of halogens is 3. The Balaban J connectivity index is 1.46. The molecule has 7 aromatic carbocycles. The molecular formula is C42H29Br2ClN2. The first-order valence-corrected chi connectivity index (χ1v) is 17.2. The predicted molar refractivity (Wildman–Crippen MR) is 207 cm³/mol. The van der Waals surface area contributed by atoms with Crippen molar-refractivity contribution in [2.24, 2.45) is 0 Å². The minimum absolute atomic E-state index is 0.635. The zero-order valence-electron chi connectivity index (χ0n) is 25.3. The van der Waals surface area contributed by atoms with Crippen molar-refractivity contribution < 1.29 is 0 Å². The Hall–Kier alpha value is -4.61. The molecule has 7 aromatic rings. The second kappa shape index (κ2) is 14.0. The molecule has 228 valence electrons. The maximum Gasteiger partial charge on any atom is 0.0540 e. The Morgan fingerprint density at radius 3 is 1.13 bits per heavy atom. The van der Waals surface area contributed by atoms with Crippen molar-refractivity contribution in [2.45, 2.75) is 0 Å². The van der Waals surface area contributed by atoms with Crippen LogP contribution < -0.4 is 9.80 Å². The monoisotopic (exact) mass is 754 g/mol. The van der Waals surface area contributed by atoms with Gasteiger partial charge in [0, 0.05) is 47.8 Å². The van der Waals surface area contributed by atoms with Crippen LogP contribution in [0.2, 0.25) is 5.02 Å². The lowest BCUT2D eigenvalue weighted by molar-refractivity contribution is 1.25. The zero-order chi connectivity index (χ0) is 32.2. The van der Waals surface area contributed by atoms with Crippen LogP contribution in [0.4, 0.5) is 34.1 Å². The van der Waals surface area contributed by atoms with Gasteiger partial charge in [0.2, 0.25) is 0 Å². The molecule has 0 heterocycles. The number of nitrogens with zero attached hydrogens (tertiary/aromatic N) is 2. The van der Waals surface area contributed by atoms with Crippen molar-refractivity contribution in [3.05, 3.63) is 190 Å². The van der Waals surface area contributed by atoms with Crippen LogP contribution >= 0.6 is 43.5 Å². The van der Waals surface area contributed by atoms with Crippen molar-refractivity contribution in [1.82, 2.24) is 0 Å². The van der Waals surface area contributed by atoms with Gasteiger partial charge >= 0.3 is 0 Å². The van der Waals surface area contributed by atoms with E-state index >= 15 is 0 Å². The van der Waals surface area contributed by atoms with E-state index in [-0.39, 0.29) is 0 Å². The average molecular weight is 757 g/mol. The molecule has 0 bridgehead atoms. The Kier molecular flexibility index (Phi) is 9.25. The van der Waals surface area contributed by atoms with Crippen LogP contribution in [-0.2, 0) is 0 Å². The van der Waals surface area contributed by atoms with Gasteiger partial charge in [-0.15, -0.1) is 0 Å². The van der Waals surface area contributed by atoms with Gasteiger partial charge in [0.1, 0.15) is 0 Å². The molecule has 0 unspecified atom stereocenters. The van der Waals surface area contributed by atoms with Gasteiger partial charge in [-0.1, -0.05) is 141 Å². The largest absolute Gasteiger partial charge is 0.310 e. The van der Waals surface area contributed by atoms with Crippen molar-refractivity contribution >= 4 is 77.6 Å². The fraction of sp³-hybridized carbons (Fsp3) is 0. The lowest BCUT2D eigenvalue weighted by Crippen LogP contribution is -2.14. The minimum Gasteiger partial charge on any atom is -0.310 e. The number of hydrogen-bond donors (Lipinski definition) is 0. The summed E-state index contributed by atoms with van der Waals surface area (Å²) >= 11 is 14.4. The molecule has 0 radical (unpaired) electrons. The molecule has 0 fully saturated rings. The molecule has 0 atom stereocenters. The molecule has 5 heteroatoms. The molecule has 0 aliphatic heterocycles. The maximum absolute atomic E-state index is 7.08. The molecule has 0 N–H and O–H groups in total. The summed E-state index contributed by atoms with van der Waals surface area (Å²) in [4.78, 5) is 4.57. The molecule has 0 saturated heterocycles. The van der Waals surface area contributed by atoms with Gasteiger partial charge in [0.25, 0.3) is 0 Å². The van der Waals surface area contributed by atoms with E-state index in [1.807, 2.05) is 24.3 Å². The number of rotatable bonds is 8. The third kappa shape index (κ3) is 6.77. The fourth-order valence-electron chi connectivity index (χ4n) is 5.91. The molecule has 0 saturated carbocycles. The number of anilines is 6. The summed E-state index contributed by atoms with van der Waals surface area (Å²) in [5.74, 6) is 0. The first-order chi connectivity index (χ1) is 23.0. The molecule has 0 aliphatic carbocycles. The normalized spacial score (nSPS) is 10.9. The molecule has 2 nitrogen and oxygen atoms in total. The highest BCUT2D eigenvalue weighted by molar-refractivity contribution is 9.10. The Morgan fingerprint density at radius 1 is 0.362 bits per heavy atom. The van der Waals surface area contributed by atoms with E-state index in [1.54, 1.807) is 0 Å². The smallest absolute Gasteiger partial charge is 0.0540 e. The summed E-state index contributed by atoms with van der Waals surface area (Å²) in [5.41, 5.74) is 10.5. The van der Waals surface area contributed by atoms with Crippen molar-refractivity contribution in [1.29, 1.82) is 0 Å². The summed E-state index contributed by atoms with van der Waals surface area (Å²) < 4.78 is 2.03. The van der Waals surface area contributed by atoms with E-state index in [4.69, 9.17) is 11.6 Å². The van der Waals surface area contributed by atoms with Crippen molar-refractivity contribution in [3.8, 4) is 22.3 Å². The van der Waals surface area contributed by atoms with Crippen LogP contribution in [0.3, 0.4) is 0 Å². The summed E-state index contributed by atoms with van der Waals surface area (Å²) in [7, 11) is 0. The van der Waals surface area contributed by atoms with Gasteiger partial charge in [0.15, 0.2) is 0 Å². The first-order valence-electron chi connectivity index (χ1n) is 15.3. The summed E-state index contributed by atoms with van der Waals surface area (Å²) in [6, 6.07) is 61.1. The lowest BCUT2D eigenvalue weighted by atomic mass is 10.0. The summed E-state index contributed by atoms with van der Waals surface area (Å²) in [6.45, 7) is 0. The second-order valence-electron chi connectivity index (χ2n) is 11.1. The molecule has 0 aliphatic rings. The first kappa shape index (κ1) is 31.0. The van der Waals surface area contributed by atoms with Crippen LogP contribution in [0.1, 0.15) is 0 Å². The Labute approximate surface area is 297 Å². The lowest BCUT2D eigenvalue weighted by Gasteiger charge is -2.31. The third-order valence-electron chi connectivity index (χ3n) is 8.01. The van der Waals surface area contributed by atoms with Crippen molar-refractivity contribution in [3.63, 3.8) is 0 Å². The maximum atomic E-state index is 7.08. The van der Waals surface area contributed by atoms with E-state index in [1.165, 1.54) is 0 Å². The highest BCUT2D eigenvalue weighted by Crippen LogP contribution is 2.46. The highest BCUT2D eigenvalue weighted by atomic mass is 79.9. The van der Waals surface area contributed by atoms with Crippen LogP contribution in [0.15, 0.2) is 185 Å². The van der Waals surface area contributed by atoms with Gasteiger partial charge in [0.05, 0.1) is 11.4 Å². The molecule has 0 spiro atoms. The van der Waals surface area contributed by atoms with E-state index in [2.05, 4.69) is 193 Å². The van der Waals surface area contributed by atoms with Crippen LogP contribution in [0.5, 0.6) is 0 Å². The predicted octanol–water partition coefficient (Wildman–Crippen LogP) is 14.1. The van der Waals surface area contributed by atoms with E-state index in [0.29, 0.717) is 5.02 Å². The molecular weight excluding hydrogens is 728 g/mol.